The van der Waals surface area contributed by atoms with Crippen LogP contribution in [0.5, 0.6) is 0 Å². The van der Waals surface area contributed by atoms with E-state index < -0.39 is 5.76 Å². The van der Waals surface area contributed by atoms with Crippen LogP contribution in [0.2, 0.25) is 0 Å². The molecule has 0 bridgehead atoms. The molecule has 6 nitrogen and oxygen atoms in total. The number of benzene rings is 3. The summed E-state index contributed by atoms with van der Waals surface area (Å²) in [6.07, 6.45) is 5.82. The maximum absolute atomic E-state index is 11.6. The van der Waals surface area contributed by atoms with E-state index >= 15 is 0 Å². The summed E-state index contributed by atoms with van der Waals surface area (Å²) >= 11 is 0. The number of para-hydroxylation sites is 1. The van der Waals surface area contributed by atoms with Gasteiger partial charge in [0, 0.05) is 13.0 Å². The summed E-state index contributed by atoms with van der Waals surface area (Å²) in [6.45, 7) is 5.11. The van der Waals surface area contributed by atoms with E-state index in [-0.39, 0.29) is 0 Å². The van der Waals surface area contributed by atoms with Crippen molar-refractivity contribution < 1.29 is 4.52 Å². The van der Waals surface area contributed by atoms with Crippen molar-refractivity contribution in [2.75, 3.05) is 0 Å². The monoisotopic (exact) mass is 476 g/mol. The fourth-order valence-electron chi connectivity index (χ4n) is 5.33. The molecule has 36 heavy (non-hydrogen) atoms. The van der Waals surface area contributed by atoms with Crippen LogP contribution in [0, 0.1) is 6.92 Å². The first-order valence-corrected chi connectivity index (χ1v) is 12.5. The lowest BCUT2D eigenvalue weighted by Gasteiger charge is -2.14. The van der Waals surface area contributed by atoms with Gasteiger partial charge in [0.2, 0.25) is 0 Å². The van der Waals surface area contributed by atoms with E-state index in [2.05, 4.69) is 89.2 Å². The van der Waals surface area contributed by atoms with Gasteiger partial charge in [0.05, 0.1) is 11.0 Å². The molecule has 0 radical (unpaired) electrons. The third kappa shape index (κ3) is 3.98. The van der Waals surface area contributed by atoms with Crippen LogP contribution in [-0.2, 0) is 25.8 Å². The van der Waals surface area contributed by atoms with E-state index in [1.807, 2.05) is 6.08 Å². The molecule has 0 amide bonds. The number of fused-ring (bicyclic) bond motifs is 3. The van der Waals surface area contributed by atoms with Gasteiger partial charge in [0.25, 0.3) is 0 Å². The minimum absolute atomic E-state index is 0.422. The van der Waals surface area contributed by atoms with E-state index in [0.717, 1.165) is 60.3 Å². The molecular formula is C30H28N4O2. The van der Waals surface area contributed by atoms with Gasteiger partial charge in [-0.25, -0.2) is 9.78 Å². The van der Waals surface area contributed by atoms with E-state index in [4.69, 9.17) is 9.51 Å². The van der Waals surface area contributed by atoms with Crippen molar-refractivity contribution in [1.29, 1.82) is 0 Å². The van der Waals surface area contributed by atoms with Gasteiger partial charge in [0.1, 0.15) is 5.82 Å². The molecule has 1 aliphatic carbocycles. The number of rotatable bonds is 5. The molecule has 0 spiro atoms. The van der Waals surface area contributed by atoms with Crippen molar-refractivity contribution in [3.63, 3.8) is 0 Å². The zero-order chi connectivity index (χ0) is 24.6. The predicted octanol–water partition coefficient (Wildman–Crippen LogP) is 5.71. The van der Waals surface area contributed by atoms with Crippen LogP contribution >= 0.6 is 0 Å². The largest absolute Gasteiger partial charge is 0.439 e. The fourth-order valence-corrected chi connectivity index (χ4v) is 5.33. The van der Waals surface area contributed by atoms with Crippen molar-refractivity contribution in [3.8, 4) is 0 Å². The number of nitrogens with one attached hydrogen (secondary N) is 1. The van der Waals surface area contributed by atoms with Gasteiger partial charge in [0.15, 0.2) is 5.82 Å². The Hall–Kier alpha value is -4.19. The zero-order valence-corrected chi connectivity index (χ0v) is 20.5. The molecule has 1 N–H and O–H groups in total. The first-order chi connectivity index (χ1) is 17.6. The molecule has 0 atom stereocenters. The maximum Gasteiger partial charge on any atom is 0.439 e. The number of aryl methyl sites for hydroxylation is 4. The Balaban J connectivity index is 1.45. The minimum atomic E-state index is -0.551. The summed E-state index contributed by atoms with van der Waals surface area (Å²) in [4.78, 5) is 19.2. The molecule has 2 heterocycles. The Labute approximate surface area is 209 Å². The van der Waals surface area contributed by atoms with Crippen LogP contribution in [0.1, 0.15) is 58.4 Å². The standard InChI is InChI=1S/C30H28N4O2/c1-3-7-28-32-29-19(2)8-6-11-26(29)34(28)18-20-12-15-24-22(16-20)14-13-21-9-4-5-10-23(21)25(24)17-27-31-30(35)36-33-27/h4-6,8-12,15-17H,3,7,13-14,18H2,1-2H3,(H,31,33,35)/b25-17+. The Bertz CT molecular complexity index is 1670. The number of hydrogen-bond acceptors (Lipinski definition) is 4. The number of imidazole rings is 1. The summed E-state index contributed by atoms with van der Waals surface area (Å²) in [7, 11) is 0. The lowest BCUT2D eigenvalue weighted by atomic mass is 9.92. The molecular weight excluding hydrogens is 448 g/mol. The summed E-state index contributed by atoms with van der Waals surface area (Å²) in [5.74, 6) is 1.01. The van der Waals surface area contributed by atoms with Crippen molar-refractivity contribution in [1.82, 2.24) is 19.7 Å². The predicted molar refractivity (Wildman–Crippen MR) is 142 cm³/mol. The molecule has 1 aliphatic rings. The van der Waals surface area contributed by atoms with Crippen molar-refractivity contribution in [2.24, 2.45) is 0 Å². The van der Waals surface area contributed by atoms with Crippen LogP contribution in [0.25, 0.3) is 22.7 Å². The Morgan fingerprint density at radius 2 is 1.86 bits per heavy atom. The average Bonchev–Trinajstić information content (AvgIpc) is 3.41. The van der Waals surface area contributed by atoms with E-state index in [0.29, 0.717) is 5.82 Å². The van der Waals surface area contributed by atoms with Gasteiger partial charge in [-0.2, -0.15) is 0 Å². The second-order valence-electron chi connectivity index (χ2n) is 9.49. The van der Waals surface area contributed by atoms with Crippen LogP contribution in [-0.4, -0.2) is 19.7 Å². The van der Waals surface area contributed by atoms with E-state index in [1.165, 1.54) is 27.8 Å². The van der Waals surface area contributed by atoms with Crippen molar-refractivity contribution in [2.45, 2.75) is 46.1 Å². The number of nitrogens with zero attached hydrogens (tertiary/aromatic N) is 3. The van der Waals surface area contributed by atoms with Gasteiger partial charge in [-0.15, -0.1) is 0 Å². The fraction of sp³-hybridized carbons (Fsp3) is 0.233. The highest BCUT2D eigenvalue weighted by molar-refractivity contribution is 5.93. The quantitative estimate of drug-likeness (QED) is 0.353. The molecule has 6 heteroatoms. The second-order valence-corrected chi connectivity index (χ2v) is 9.49. The first-order valence-electron chi connectivity index (χ1n) is 12.5. The van der Waals surface area contributed by atoms with Gasteiger partial charge in [-0.1, -0.05) is 66.7 Å². The topological polar surface area (TPSA) is 76.7 Å². The molecule has 180 valence electrons. The SMILES string of the molecule is CCCc1nc2c(C)cccc2n1Cc1ccc2c(c1)CCc1ccccc1/C2=C\c1noc(=O)[nH]1. The van der Waals surface area contributed by atoms with Gasteiger partial charge >= 0.3 is 5.76 Å². The normalized spacial score (nSPS) is 14.1. The van der Waals surface area contributed by atoms with Crippen LogP contribution in [0.3, 0.4) is 0 Å². The third-order valence-electron chi connectivity index (χ3n) is 7.04. The van der Waals surface area contributed by atoms with Crippen molar-refractivity contribution in [3.05, 3.63) is 116 Å². The smallest absolute Gasteiger partial charge is 0.323 e. The number of H-pyrrole nitrogens is 1. The number of aromatic nitrogens is 4. The van der Waals surface area contributed by atoms with Crippen LogP contribution < -0.4 is 5.76 Å². The molecule has 2 aromatic heterocycles. The number of hydrogen-bond donors (Lipinski definition) is 1. The van der Waals surface area contributed by atoms with E-state index in [9.17, 15) is 4.79 Å². The molecule has 5 aromatic rings. The third-order valence-corrected chi connectivity index (χ3v) is 7.04. The molecule has 0 fully saturated rings. The first kappa shape index (κ1) is 22.3. The summed E-state index contributed by atoms with van der Waals surface area (Å²) < 4.78 is 7.12. The molecule has 0 aliphatic heterocycles. The molecule has 0 saturated heterocycles. The average molecular weight is 477 g/mol. The second kappa shape index (κ2) is 9.11. The highest BCUT2D eigenvalue weighted by atomic mass is 16.5. The van der Waals surface area contributed by atoms with Crippen LogP contribution in [0.15, 0.2) is 70.0 Å². The Kier molecular flexibility index (Phi) is 5.64. The summed E-state index contributed by atoms with van der Waals surface area (Å²) in [6, 6.07) is 21.6. The van der Waals surface area contributed by atoms with Gasteiger partial charge < -0.3 is 4.57 Å². The summed E-state index contributed by atoms with van der Waals surface area (Å²) in [5.41, 5.74) is 10.7. The molecule has 3 aromatic carbocycles. The highest BCUT2D eigenvalue weighted by Crippen LogP contribution is 2.35. The van der Waals surface area contributed by atoms with Crippen LogP contribution in [0.4, 0.5) is 0 Å². The highest BCUT2D eigenvalue weighted by Gasteiger charge is 2.20. The number of aromatic amines is 1. The van der Waals surface area contributed by atoms with Gasteiger partial charge in [-0.05, 0) is 77.3 Å². The van der Waals surface area contributed by atoms with Gasteiger partial charge in [-0.3, -0.25) is 9.51 Å². The molecule has 0 unspecified atom stereocenters. The Morgan fingerprint density at radius 3 is 2.69 bits per heavy atom. The summed E-state index contributed by atoms with van der Waals surface area (Å²) in [5, 5.41) is 3.89. The Morgan fingerprint density at radius 1 is 1.03 bits per heavy atom. The van der Waals surface area contributed by atoms with Crippen molar-refractivity contribution >= 4 is 22.7 Å². The zero-order valence-electron chi connectivity index (χ0n) is 20.5. The maximum atomic E-state index is 11.6. The molecule has 6 rings (SSSR count). The minimum Gasteiger partial charge on any atom is -0.323 e. The molecule has 0 saturated carbocycles. The lowest BCUT2D eigenvalue weighted by Crippen LogP contribution is -2.06. The lowest BCUT2D eigenvalue weighted by molar-refractivity contribution is 0.385. The van der Waals surface area contributed by atoms with E-state index in [1.54, 1.807) is 0 Å².